The molecule has 5 N–H and O–H groups in total. The number of hydrogen-bond donors (Lipinski definition) is 5. The molecular weight excluding hydrogens is 560 g/mol. The van der Waals surface area contributed by atoms with Gasteiger partial charge < -0.3 is 35.0 Å². The van der Waals surface area contributed by atoms with Crippen LogP contribution in [0.15, 0.2) is 0 Å². The fraction of sp³-hybridized carbons (Fsp3) is 0.972. The van der Waals surface area contributed by atoms with E-state index in [4.69, 9.17) is 9.47 Å². The quantitative estimate of drug-likeness (QED) is 0.290. The second-order valence-corrected chi connectivity index (χ2v) is 18.3. The second-order valence-electron chi connectivity index (χ2n) is 18.3. The molecule has 1 aliphatic heterocycles. The number of aliphatic hydroxyl groups is 5. The summed E-state index contributed by atoms with van der Waals surface area (Å²) in [5.41, 5.74) is -0.300. The lowest BCUT2D eigenvalue weighted by atomic mass is 9.31. The van der Waals surface area contributed by atoms with Gasteiger partial charge in [0.2, 0.25) is 6.29 Å². The van der Waals surface area contributed by atoms with Crippen molar-refractivity contribution in [1.82, 2.24) is 0 Å². The van der Waals surface area contributed by atoms with Gasteiger partial charge in [-0.05, 0) is 121 Å². The minimum absolute atomic E-state index is 0.0646. The molecule has 6 rings (SSSR count). The van der Waals surface area contributed by atoms with Crippen molar-refractivity contribution >= 4 is 5.97 Å². The highest BCUT2D eigenvalue weighted by Gasteiger charge is 2.71. The molecule has 0 bridgehead atoms. The number of hydrogen-bond acceptors (Lipinski definition) is 8. The van der Waals surface area contributed by atoms with Gasteiger partial charge in [0, 0.05) is 0 Å². The van der Waals surface area contributed by atoms with Crippen LogP contribution in [-0.2, 0) is 14.3 Å². The van der Waals surface area contributed by atoms with Crippen LogP contribution in [0.4, 0.5) is 0 Å². The molecule has 14 unspecified atom stereocenters. The molecule has 0 aromatic rings. The molecule has 6 aliphatic rings. The molecule has 0 amide bonds. The van der Waals surface area contributed by atoms with E-state index in [0.717, 1.165) is 70.6 Å². The van der Waals surface area contributed by atoms with E-state index in [1.165, 1.54) is 0 Å². The molecule has 1 heterocycles. The van der Waals surface area contributed by atoms with Gasteiger partial charge in [-0.3, -0.25) is 4.79 Å². The molecule has 6 fully saturated rings. The molecule has 44 heavy (non-hydrogen) atoms. The first-order valence-corrected chi connectivity index (χ1v) is 17.6. The fourth-order valence-corrected chi connectivity index (χ4v) is 12.8. The molecule has 14 atom stereocenters. The summed E-state index contributed by atoms with van der Waals surface area (Å²) in [5.74, 6) is 1.21. The third kappa shape index (κ3) is 4.47. The summed E-state index contributed by atoms with van der Waals surface area (Å²) in [6.45, 7) is 16.3. The normalized spacial score (nSPS) is 54.6. The molecule has 8 heteroatoms. The molecule has 5 aliphatic carbocycles. The maximum Gasteiger partial charge on any atom is 0.314 e. The van der Waals surface area contributed by atoms with Crippen LogP contribution in [0.5, 0.6) is 0 Å². The molecule has 0 radical (unpaired) electrons. The van der Waals surface area contributed by atoms with Gasteiger partial charge in [0.1, 0.15) is 24.4 Å². The van der Waals surface area contributed by atoms with Crippen molar-refractivity contribution in [1.29, 1.82) is 0 Å². The van der Waals surface area contributed by atoms with Crippen LogP contribution < -0.4 is 0 Å². The minimum atomic E-state index is -1.59. The van der Waals surface area contributed by atoms with Crippen molar-refractivity contribution in [2.24, 2.45) is 56.2 Å². The number of rotatable bonds is 3. The van der Waals surface area contributed by atoms with Crippen molar-refractivity contribution in [2.45, 2.75) is 156 Å². The van der Waals surface area contributed by atoms with Gasteiger partial charge in [-0.1, -0.05) is 48.5 Å². The van der Waals surface area contributed by atoms with Gasteiger partial charge in [-0.15, -0.1) is 0 Å². The zero-order valence-corrected chi connectivity index (χ0v) is 28.2. The lowest BCUT2D eigenvalue weighted by Gasteiger charge is -2.73. The van der Waals surface area contributed by atoms with Crippen LogP contribution in [0.25, 0.3) is 0 Å². The van der Waals surface area contributed by atoms with Crippen LogP contribution in [-0.4, -0.2) is 74.9 Å². The van der Waals surface area contributed by atoms with Gasteiger partial charge in [0.15, 0.2) is 0 Å². The topological polar surface area (TPSA) is 137 Å². The van der Waals surface area contributed by atoms with Crippen LogP contribution in [0.1, 0.15) is 119 Å². The smallest absolute Gasteiger partial charge is 0.314 e. The number of aliphatic hydroxyl groups excluding tert-OH is 5. The first kappa shape index (κ1) is 33.1. The third-order valence-corrected chi connectivity index (χ3v) is 15.7. The molecular formula is C36H60O8. The Hall–Kier alpha value is -0.770. The average molecular weight is 621 g/mol. The van der Waals surface area contributed by atoms with Gasteiger partial charge in [-0.2, -0.15) is 0 Å². The zero-order chi connectivity index (χ0) is 32.3. The maximum atomic E-state index is 14.4. The minimum Gasteiger partial charge on any atom is -0.432 e. The summed E-state index contributed by atoms with van der Waals surface area (Å²) in [7, 11) is 0. The van der Waals surface area contributed by atoms with E-state index >= 15 is 0 Å². The SMILES string of the molecule is CC1(C)CCC2(C(=O)OC3OC(CO)C(O)C(O)C3O)CCC3(C)C(CCC4C5(C)CCC(O)C(C)(C)C5CCC43C)C2C1. The lowest BCUT2D eigenvalue weighted by Crippen LogP contribution is -2.68. The molecule has 8 nitrogen and oxygen atoms in total. The van der Waals surface area contributed by atoms with E-state index in [2.05, 4.69) is 48.5 Å². The van der Waals surface area contributed by atoms with E-state index < -0.39 is 42.7 Å². The van der Waals surface area contributed by atoms with E-state index in [1.54, 1.807) is 0 Å². The Morgan fingerprint density at radius 2 is 1.41 bits per heavy atom. The first-order chi connectivity index (χ1) is 20.4. The van der Waals surface area contributed by atoms with Crippen molar-refractivity contribution in [3.63, 3.8) is 0 Å². The van der Waals surface area contributed by atoms with Gasteiger partial charge >= 0.3 is 5.97 Å². The van der Waals surface area contributed by atoms with Crippen molar-refractivity contribution in [3.8, 4) is 0 Å². The molecule has 0 spiro atoms. The van der Waals surface area contributed by atoms with E-state index in [0.29, 0.717) is 17.8 Å². The molecule has 1 saturated heterocycles. The van der Waals surface area contributed by atoms with Crippen LogP contribution in [0.3, 0.4) is 0 Å². The molecule has 5 saturated carbocycles. The predicted octanol–water partition coefficient (Wildman–Crippen LogP) is 4.57. The Labute approximate surface area is 264 Å². The summed E-state index contributed by atoms with van der Waals surface area (Å²) in [5, 5.41) is 52.1. The van der Waals surface area contributed by atoms with Crippen LogP contribution in [0, 0.1) is 56.2 Å². The van der Waals surface area contributed by atoms with Crippen molar-refractivity contribution in [3.05, 3.63) is 0 Å². The number of esters is 1. The number of ether oxygens (including phenoxy) is 2. The van der Waals surface area contributed by atoms with Crippen molar-refractivity contribution < 1.29 is 39.8 Å². The molecule has 0 aromatic heterocycles. The highest BCUT2D eigenvalue weighted by atomic mass is 16.7. The molecule has 0 aromatic carbocycles. The molecule has 252 valence electrons. The van der Waals surface area contributed by atoms with Gasteiger partial charge in [0.25, 0.3) is 0 Å². The summed E-state index contributed by atoms with van der Waals surface area (Å²) in [4.78, 5) is 14.4. The standard InChI is InChI=1S/C36H60O8/c1-31(2)14-16-36(30(42)44-29-28(41)27(40)26(39)22(19-37)43-29)17-15-34(6)20(21(36)18-31)8-9-24-33(5)12-11-25(38)32(3,4)23(33)10-13-35(24,34)7/h20-29,37-41H,8-19H2,1-7H3. The monoisotopic (exact) mass is 620 g/mol. The summed E-state index contributed by atoms with van der Waals surface area (Å²) < 4.78 is 11.6. The zero-order valence-electron chi connectivity index (χ0n) is 28.2. The van der Waals surface area contributed by atoms with Crippen LogP contribution >= 0.6 is 0 Å². The lowest BCUT2D eigenvalue weighted by molar-refractivity contribution is -0.301. The summed E-state index contributed by atoms with van der Waals surface area (Å²) in [6, 6.07) is 0. The van der Waals surface area contributed by atoms with E-state index in [-0.39, 0.29) is 45.1 Å². The van der Waals surface area contributed by atoms with Gasteiger partial charge in [0.05, 0.1) is 18.1 Å². The van der Waals surface area contributed by atoms with Crippen LogP contribution in [0.2, 0.25) is 0 Å². The largest absolute Gasteiger partial charge is 0.432 e. The predicted molar refractivity (Wildman–Crippen MR) is 165 cm³/mol. The van der Waals surface area contributed by atoms with E-state index in [9.17, 15) is 30.3 Å². The Bertz CT molecular complexity index is 1120. The van der Waals surface area contributed by atoms with Crippen molar-refractivity contribution in [2.75, 3.05) is 6.61 Å². The third-order valence-electron chi connectivity index (χ3n) is 15.7. The Morgan fingerprint density at radius 3 is 2.09 bits per heavy atom. The second kappa shape index (κ2) is 10.6. The Kier molecular flexibility index (Phi) is 8.00. The highest BCUT2D eigenvalue weighted by Crippen LogP contribution is 2.77. The first-order valence-electron chi connectivity index (χ1n) is 17.6. The number of carbonyl (C=O) groups excluding carboxylic acids is 1. The summed E-state index contributed by atoms with van der Waals surface area (Å²) in [6.07, 6.45) is 3.24. The highest BCUT2D eigenvalue weighted by molar-refractivity contribution is 5.78. The Balaban J connectivity index is 1.32. The van der Waals surface area contributed by atoms with E-state index in [1.807, 2.05) is 0 Å². The number of fused-ring (bicyclic) bond motifs is 7. The number of carbonyl (C=O) groups is 1. The Morgan fingerprint density at radius 1 is 0.727 bits per heavy atom. The maximum absolute atomic E-state index is 14.4. The summed E-state index contributed by atoms with van der Waals surface area (Å²) >= 11 is 0. The fourth-order valence-electron chi connectivity index (χ4n) is 12.8. The van der Waals surface area contributed by atoms with Gasteiger partial charge in [-0.25, -0.2) is 0 Å². The average Bonchev–Trinajstić information content (AvgIpc) is 2.95.